The lowest BCUT2D eigenvalue weighted by molar-refractivity contribution is 0.280. The Kier molecular flexibility index (Phi) is 6.06. The van der Waals surface area contributed by atoms with Crippen LogP contribution in [0.5, 0.6) is 5.75 Å². The van der Waals surface area contributed by atoms with E-state index < -0.39 is 11.6 Å². The monoisotopic (exact) mass is 415 g/mol. The quantitative estimate of drug-likeness (QED) is 0.452. The van der Waals surface area contributed by atoms with Crippen molar-refractivity contribution in [1.29, 1.82) is 0 Å². The number of ether oxygens (including phenoxy) is 1. The van der Waals surface area contributed by atoms with Gasteiger partial charge in [0, 0.05) is 55.5 Å². The van der Waals surface area contributed by atoms with Gasteiger partial charge in [-0.05, 0) is 30.3 Å². The van der Waals surface area contributed by atoms with E-state index in [1.165, 1.54) is 11.6 Å². The normalized spacial score (nSPS) is 16.1. The summed E-state index contributed by atoms with van der Waals surface area (Å²) in [5.41, 5.74) is 2.85. The molecule has 2 N–H and O–H groups in total. The van der Waals surface area contributed by atoms with Crippen LogP contribution in [0.25, 0.3) is 0 Å². The van der Waals surface area contributed by atoms with Crippen LogP contribution >= 0.6 is 12.2 Å². The summed E-state index contributed by atoms with van der Waals surface area (Å²) < 4.78 is 36.1. The number of hydrogen-bond donors (Lipinski definition) is 2. The van der Waals surface area contributed by atoms with Crippen molar-refractivity contribution in [1.82, 2.24) is 14.9 Å². The van der Waals surface area contributed by atoms with Gasteiger partial charge in [-0.2, -0.15) is 0 Å². The molecule has 152 valence electrons. The highest BCUT2D eigenvalue weighted by Crippen LogP contribution is 2.33. The number of aromatic amines is 1. The third-order valence-corrected chi connectivity index (χ3v) is 5.54. The van der Waals surface area contributed by atoms with Gasteiger partial charge in [-0.25, -0.2) is 8.78 Å². The van der Waals surface area contributed by atoms with E-state index in [1.54, 1.807) is 0 Å². The molecule has 0 unspecified atom stereocenters. The Balaban J connectivity index is 1.47. The molecule has 0 amide bonds. The first-order valence-electron chi connectivity index (χ1n) is 9.76. The van der Waals surface area contributed by atoms with Crippen molar-refractivity contribution in [2.45, 2.75) is 31.8 Å². The van der Waals surface area contributed by atoms with Gasteiger partial charge in [-0.15, -0.1) is 0 Å². The van der Waals surface area contributed by atoms with E-state index in [0.29, 0.717) is 29.8 Å². The van der Waals surface area contributed by atoms with Crippen LogP contribution in [0.4, 0.5) is 8.78 Å². The molecular formula is C22H23F2N3OS. The van der Waals surface area contributed by atoms with Gasteiger partial charge < -0.3 is 19.6 Å². The maximum absolute atomic E-state index is 14.1. The minimum absolute atomic E-state index is 0.0136. The van der Waals surface area contributed by atoms with Crippen LogP contribution in [0.2, 0.25) is 0 Å². The molecule has 1 atom stereocenters. The highest BCUT2D eigenvalue weighted by Gasteiger charge is 2.24. The van der Waals surface area contributed by atoms with Gasteiger partial charge in [-0.1, -0.05) is 30.3 Å². The van der Waals surface area contributed by atoms with Crippen molar-refractivity contribution in [2.24, 2.45) is 0 Å². The smallest absolute Gasteiger partial charge is 0.177 e. The van der Waals surface area contributed by atoms with Gasteiger partial charge in [0.2, 0.25) is 0 Å². The lowest BCUT2D eigenvalue weighted by Gasteiger charge is -2.19. The summed E-state index contributed by atoms with van der Waals surface area (Å²) in [5.74, 6) is -1.08. The molecule has 0 saturated heterocycles. The zero-order valence-electron chi connectivity index (χ0n) is 16.0. The SMILES string of the molecule is Fc1cc(F)c2c(c1)C[C@@H](n1c(CCNCc3ccccc3)c[nH]c1=S)CCO2. The van der Waals surface area contributed by atoms with Crippen LogP contribution in [0.3, 0.4) is 0 Å². The van der Waals surface area contributed by atoms with E-state index in [4.69, 9.17) is 17.0 Å². The second-order valence-corrected chi connectivity index (χ2v) is 7.63. The van der Waals surface area contributed by atoms with E-state index in [1.807, 2.05) is 24.4 Å². The topological polar surface area (TPSA) is 42.0 Å². The molecule has 1 aromatic heterocycles. The summed E-state index contributed by atoms with van der Waals surface area (Å²) in [7, 11) is 0. The number of benzene rings is 2. The average Bonchev–Trinajstić information content (AvgIpc) is 2.93. The van der Waals surface area contributed by atoms with E-state index in [-0.39, 0.29) is 11.8 Å². The predicted molar refractivity (Wildman–Crippen MR) is 111 cm³/mol. The van der Waals surface area contributed by atoms with E-state index >= 15 is 0 Å². The van der Waals surface area contributed by atoms with Crippen LogP contribution in [0.15, 0.2) is 48.7 Å². The molecule has 0 aliphatic carbocycles. The zero-order chi connectivity index (χ0) is 20.2. The fraction of sp³-hybridized carbons (Fsp3) is 0.318. The van der Waals surface area contributed by atoms with E-state index in [9.17, 15) is 8.78 Å². The Bertz CT molecular complexity index is 1030. The number of rotatable bonds is 6. The number of aromatic nitrogens is 2. The third kappa shape index (κ3) is 4.57. The average molecular weight is 416 g/mol. The zero-order valence-corrected chi connectivity index (χ0v) is 16.8. The summed E-state index contributed by atoms with van der Waals surface area (Å²) in [6, 6.07) is 12.4. The molecule has 0 bridgehead atoms. The number of halogens is 2. The molecule has 0 fully saturated rings. The van der Waals surface area contributed by atoms with Gasteiger partial charge in [0.05, 0.1) is 6.61 Å². The van der Waals surface area contributed by atoms with Crippen molar-refractivity contribution in [3.8, 4) is 5.75 Å². The molecule has 2 heterocycles. The highest BCUT2D eigenvalue weighted by atomic mass is 32.1. The molecule has 2 aromatic carbocycles. The largest absolute Gasteiger partial charge is 0.490 e. The Morgan fingerprint density at radius 1 is 1.21 bits per heavy atom. The van der Waals surface area contributed by atoms with Crippen LogP contribution in [0, 0.1) is 16.4 Å². The van der Waals surface area contributed by atoms with Crippen LogP contribution in [0.1, 0.15) is 29.3 Å². The van der Waals surface area contributed by atoms with Crippen molar-refractivity contribution >= 4 is 12.2 Å². The summed E-state index contributed by atoms with van der Waals surface area (Å²) in [6.45, 7) is 1.96. The Labute approximate surface area is 173 Å². The standard InChI is InChI=1S/C22H23F2N3OS/c23-17-10-16-11-18(7-9-28-21(16)20(24)12-17)27-19(14-26-22(27)29)6-8-25-13-15-4-2-1-3-5-15/h1-5,10,12,14,18,25H,6-9,11,13H2,(H,26,29)/t18-/m0/s1. The second kappa shape index (κ2) is 8.88. The van der Waals surface area contributed by atoms with Gasteiger partial charge in [0.25, 0.3) is 0 Å². The summed E-state index contributed by atoms with van der Waals surface area (Å²) in [6.07, 6.45) is 3.86. The van der Waals surface area contributed by atoms with Crippen molar-refractivity contribution < 1.29 is 13.5 Å². The Morgan fingerprint density at radius 2 is 2.03 bits per heavy atom. The van der Waals surface area contributed by atoms with E-state index in [0.717, 1.165) is 31.3 Å². The van der Waals surface area contributed by atoms with Crippen molar-refractivity contribution in [3.05, 3.63) is 81.9 Å². The molecule has 29 heavy (non-hydrogen) atoms. The summed E-state index contributed by atoms with van der Waals surface area (Å²) >= 11 is 5.50. The number of H-pyrrole nitrogens is 1. The first kappa shape index (κ1) is 19.8. The lowest BCUT2D eigenvalue weighted by atomic mass is 10.0. The first-order chi connectivity index (χ1) is 14.1. The Morgan fingerprint density at radius 3 is 2.86 bits per heavy atom. The molecule has 7 heteroatoms. The highest BCUT2D eigenvalue weighted by molar-refractivity contribution is 7.71. The lowest BCUT2D eigenvalue weighted by Crippen LogP contribution is -2.20. The fourth-order valence-corrected chi connectivity index (χ4v) is 4.18. The number of nitrogens with zero attached hydrogens (tertiary/aromatic N) is 1. The van der Waals surface area contributed by atoms with E-state index in [2.05, 4.69) is 27.0 Å². The van der Waals surface area contributed by atoms with Crippen LogP contribution in [-0.2, 0) is 19.4 Å². The maximum Gasteiger partial charge on any atom is 0.177 e. The maximum atomic E-state index is 14.1. The number of nitrogens with one attached hydrogen (secondary N) is 2. The van der Waals surface area contributed by atoms with Crippen molar-refractivity contribution in [2.75, 3.05) is 13.2 Å². The molecule has 1 aliphatic rings. The first-order valence-corrected chi connectivity index (χ1v) is 10.2. The van der Waals surface area contributed by atoms with Crippen molar-refractivity contribution in [3.63, 3.8) is 0 Å². The summed E-state index contributed by atoms with van der Waals surface area (Å²) in [5, 5.41) is 3.45. The molecule has 1 aliphatic heterocycles. The molecular weight excluding hydrogens is 392 g/mol. The molecule has 3 aromatic rings. The molecule has 0 spiro atoms. The van der Waals surface area contributed by atoms with Gasteiger partial charge in [-0.3, -0.25) is 0 Å². The number of fused-ring (bicyclic) bond motifs is 1. The molecule has 4 nitrogen and oxygen atoms in total. The minimum Gasteiger partial charge on any atom is -0.490 e. The van der Waals surface area contributed by atoms with Crippen LogP contribution < -0.4 is 10.1 Å². The predicted octanol–water partition coefficient (Wildman–Crippen LogP) is 4.72. The van der Waals surface area contributed by atoms with Gasteiger partial charge >= 0.3 is 0 Å². The Hall–Kier alpha value is -2.51. The van der Waals surface area contributed by atoms with Crippen LogP contribution in [-0.4, -0.2) is 22.7 Å². The molecule has 0 radical (unpaired) electrons. The number of imidazole rings is 1. The number of hydrogen-bond acceptors (Lipinski definition) is 3. The third-order valence-electron chi connectivity index (χ3n) is 5.22. The fourth-order valence-electron chi connectivity index (χ4n) is 3.85. The molecule has 4 rings (SSSR count). The van der Waals surface area contributed by atoms with Gasteiger partial charge in [0.15, 0.2) is 16.3 Å². The minimum atomic E-state index is -0.649. The van der Waals surface area contributed by atoms with Gasteiger partial charge in [0.1, 0.15) is 5.82 Å². The molecule has 0 saturated carbocycles. The second-order valence-electron chi connectivity index (χ2n) is 7.24. The summed E-state index contributed by atoms with van der Waals surface area (Å²) in [4.78, 5) is 3.12.